The number of Topliss-reactive ketones (excluding diaryl/α,β-unsaturated/α-hetero) is 2. The summed E-state index contributed by atoms with van der Waals surface area (Å²) in [5, 5.41) is 2.25. The molecule has 2 aliphatic rings. The molecule has 1 amide bonds. The van der Waals surface area contributed by atoms with E-state index in [1.165, 1.54) is 12.3 Å². The lowest BCUT2D eigenvalue weighted by Crippen LogP contribution is -2.52. The summed E-state index contributed by atoms with van der Waals surface area (Å²) in [6.07, 6.45) is 4.61. The number of carbonyl (C=O) groups excluding carboxylic acids is 3. The van der Waals surface area contributed by atoms with Crippen molar-refractivity contribution < 1.29 is 22.8 Å². The topological polar surface area (TPSA) is 113 Å². The quantitative estimate of drug-likeness (QED) is 0.774. The van der Waals surface area contributed by atoms with Crippen LogP contribution in [0, 0.1) is 0 Å². The first-order valence-corrected chi connectivity index (χ1v) is 9.90. The number of aliphatic imine (C=N–C) groups is 1. The van der Waals surface area contributed by atoms with Crippen molar-refractivity contribution in [3.05, 3.63) is 12.3 Å². The molecule has 1 N–H and O–H groups in total. The van der Waals surface area contributed by atoms with Crippen molar-refractivity contribution in [3.8, 4) is 0 Å². The zero-order chi connectivity index (χ0) is 18.4. The molecule has 0 bridgehead atoms. The van der Waals surface area contributed by atoms with Crippen molar-refractivity contribution in [1.29, 1.82) is 0 Å². The highest BCUT2D eigenvalue weighted by molar-refractivity contribution is 8.06. The number of nitrogens with zero attached hydrogens (tertiary/aromatic N) is 2. The molecule has 2 aliphatic heterocycles. The summed E-state index contributed by atoms with van der Waals surface area (Å²) in [6, 6.07) is -1.09. The third-order valence-corrected chi connectivity index (χ3v) is 5.92. The number of hydrogen-bond acceptors (Lipinski definition) is 7. The maximum absolute atomic E-state index is 13.0. The van der Waals surface area contributed by atoms with Crippen LogP contribution in [0.3, 0.4) is 0 Å². The van der Waals surface area contributed by atoms with Crippen molar-refractivity contribution in [2.45, 2.75) is 51.5 Å². The van der Waals surface area contributed by atoms with Gasteiger partial charge < -0.3 is 5.32 Å². The molecule has 8 nitrogen and oxygen atoms in total. The first-order valence-electron chi connectivity index (χ1n) is 8.46. The fourth-order valence-electron chi connectivity index (χ4n) is 2.82. The number of unbranched alkanes of at least 4 members (excludes halogenated alkanes) is 1. The minimum Gasteiger partial charge on any atom is -0.310 e. The van der Waals surface area contributed by atoms with Gasteiger partial charge in [-0.3, -0.25) is 14.4 Å². The average molecular weight is 369 g/mol. The molecule has 25 heavy (non-hydrogen) atoms. The Hall–Kier alpha value is -1.87. The molecule has 1 atom stereocenters. The van der Waals surface area contributed by atoms with Crippen LogP contribution in [0.1, 0.15) is 45.4 Å². The summed E-state index contributed by atoms with van der Waals surface area (Å²) >= 11 is 0. The van der Waals surface area contributed by atoms with Crippen molar-refractivity contribution in [2.24, 2.45) is 4.99 Å². The van der Waals surface area contributed by atoms with Crippen LogP contribution in [0.15, 0.2) is 17.3 Å². The van der Waals surface area contributed by atoms with E-state index in [9.17, 15) is 22.8 Å². The largest absolute Gasteiger partial charge is 0.310 e. The molecule has 0 aliphatic carbocycles. The maximum atomic E-state index is 13.0. The van der Waals surface area contributed by atoms with Gasteiger partial charge in [0.1, 0.15) is 6.04 Å². The zero-order valence-electron chi connectivity index (χ0n) is 14.2. The highest BCUT2D eigenvalue weighted by Gasteiger charge is 2.43. The van der Waals surface area contributed by atoms with Crippen LogP contribution >= 0.6 is 0 Å². The lowest BCUT2D eigenvalue weighted by molar-refractivity contribution is -0.133. The predicted octanol–water partition coefficient (Wildman–Crippen LogP) is 0.541. The van der Waals surface area contributed by atoms with Crippen molar-refractivity contribution in [2.75, 3.05) is 13.1 Å². The minimum absolute atomic E-state index is 0.00191. The molecular formula is C16H23N3O5S. The lowest BCUT2D eigenvalue weighted by atomic mass is 10.1. The summed E-state index contributed by atoms with van der Waals surface area (Å²) in [5.41, 5.74) is 0. The van der Waals surface area contributed by atoms with Crippen molar-refractivity contribution in [3.63, 3.8) is 0 Å². The average Bonchev–Trinajstić information content (AvgIpc) is 2.78. The number of allylic oxidation sites excluding steroid dienone is 1. The smallest absolute Gasteiger partial charge is 0.288 e. The monoisotopic (exact) mass is 369 g/mol. The summed E-state index contributed by atoms with van der Waals surface area (Å²) in [4.78, 5) is 40.7. The zero-order valence-corrected chi connectivity index (χ0v) is 15.0. The number of hydrogen-bond donors (Lipinski definition) is 1. The van der Waals surface area contributed by atoms with Gasteiger partial charge in [-0.2, -0.15) is 8.42 Å². The molecule has 1 fully saturated rings. The Balaban J connectivity index is 2.44. The summed E-state index contributed by atoms with van der Waals surface area (Å²) in [5.74, 6) is -1.70. The van der Waals surface area contributed by atoms with E-state index >= 15 is 0 Å². The van der Waals surface area contributed by atoms with Crippen LogP contribution in [0.5, 0.6) is 0 Å². The van der Waals surface area contributed by atoms with E-state index in [-0.39, 0.29) is 31.6 Å². The molecule has 138 valence electrons. The van der Waals surface area contributed by atoms with Gasteiger partial charge in [-0.25, -0.2) is 9.30 Å². The Morgan fingerprint density at radius 3 is 2.84 bits per heavy atom. The van der Waals surface area contributed by atoms with Gasteiger partial charge in [-0.05, 0) is 25.8 Å². The van der Waals surface area contributed by atoms with Crippen LogP contribution in [0.2, 0.25) is 0 Å². The number of rotatable bonds is 4. The molecule has 0 spiro atoms. The second kappa shape index (κ2) is 8.48. The van der Waals surface area contributed by atoms with Crippen LogP contribution in [-0.4, -0.2) is 54.4 Å². The molecule has 2 heterocycles. The van der Waals surface area contributed by atoms with Gasteiger partial charge in [0.2, 0.25) is 11.0 Å². The Bertz CT molecular complexity index is 711. The highest BCUT2D eigenvalue weighted by atomic mass is 32.2. The van der Waals surface area contributed by atoms with Crippen molar-refractivity contribution in [1.82, 2.24) is 9.62 Å². The highest BCUT2D eigenvalue weighted by Crippen LogP contribution is 2.21. The fourth-order valence-corrected chi connectivity index (χ4v) is 4.48. The van der Waals surface area contributed by atoms with Crippen molar-refractivity contribution >= 4 is 32.5 Å². The Kier molecular flexibility index (Phi) is 6.60. The van der Waals surface area contributed by atoms with Gasteiger partial charge in [0.25, 0.3) is 10.0 Å². The van der Waals surface area contributed by atoms with Crippen LogP contribution < -0.4 is 5.32 Å². The number of amides is 1. The second-order valence-electron chi connectivity index (χ2n) is 6.05. The normalized spacial score (nSPS) is 21.6. The number of ketones is 2. The van der Waals surface area contributed by atoms with E-state index in [1.54, 1.807) is 0 Å². The Morgan fingerprint density at radius 1 is 1.40 bits per heavy atom. The summed E-state index contributed by atoms with van der Waals surface area (Å²) in [6.45, 7) is 2.45. The molecule has 1 unspecified atom stereocenters. The maximum Gasteiger partial charge on any atom is 0.288 e. The molecule has 0 aromatic heterocycles. The van der Waals surface area contributed by atoms with E-state index in [1.807, 2.05) is 6.92 Å². The minimum atomic E-state index is -4.47. The molecule has 0 aromatic carbocycles. The Labute approximate surface area is 147 Å². The molecule has 0 radical (unpaired) electrons. The first-order chi connectivity index (χ1) is 11.9. The van der Waals surface area contributed by atoms with Gasteiger partial charge in [0, 0.05) is 19.0 Å². The SMILES string of the molecule is CCCCC(=O)N(C1CCCNCC1=O)S(=O)(=O)C1=NC=CCC1=O. The lowest BCUT2D eigenvalue weighted by Gasteiger charge is -2.29. The molecule has 0 aromatic rings. The van der Waals surface area contributed by atoms with Crippen LogP contribution in [-0.2, 0) is 24.4 Å². The fraction of sp³-hybridized carbons (Fsp3) is 0.625. The second-order valence-corrected chi connectivity index (χ2v) is 7.78. The van der Waals surface area contributed by atoms with Crippen LogP contribution in [0.25, 0.3) is 0 Å². The van der Waals surface area contributed by atoms with E-state index in [4.69, 9.17) is 0 Å². The summed E-state index contributed by atoms with van der Waals surface area (Å²) < 4.78 is 26.6. The van der Waals surface area contributed by atoms with Crippen LogP contribution in [0.4, 0.5) is 0 Å². The third kappa shape index (κ3) is 4.40. The molecule has 2 rings (SSSR count). The van der Waals surface area contributed by atoms with Gasteiger partial charge >= 0.3 is 0 Å². The predicted molar refractivity (Wildman–Crippen MR) is 92.4 cm³/mol. The standard InChI is InChI=1S/C16H23N3O5S/c1-2-3-8-15(22)19(12-6-4-9-17-11-14(12)21)25(23,24)16-13(20)7-5-10-18-16/h5,10,12,17H,2-4,6-9,11H2,1H3. The molecule has 1 saturated heterocycles. The molecular weight excluding hydrogens is 346 g/mol. The van der Waals surface area contributed by atoms with E-state index in [2.05, 4.69) is 10.3 Å². The number of carbonyl (C=O) groups is 3. The van der Waals surface area contributed by atoms with E-state index in [0.29, 0.717) is 30.1 Å². The molecule has 9 heteroatoms. The van der Waals surface area contributed by atoms with E-state index < -0.39 is 32.8 Å². The van der Waals surface area contributed by atoms with Gasteiger partial charge in [-0.15, -0.1) is 0 Å². The molecule has 0 saturated carbocycles. The van der Waals surface area contributed by atoms with E-state index in [0.717, 1.165) is 0 Å². The third-order valence-electron chi connectivity index (χ3n) is 4.12. The number of sulfonamides is 1. The Morgan fingerprint density at radius 2 is 2.16 bits per heavy atom. The summed E-state index contributed by atoms with van der Waals surface area (Å²) in [7, 11) is -4.47. The van der Waals surface area contributed by atoms with Gasteiger partial charge in [0.15, 0.2) is 11.6 Å². The first kappa shape index (κ1) is 19.5. The van der Waals surface area contributed by atoms with Gasteiger partial charge in [0.05, 0.1) is 6.54 Å². The van der Waals surface area contributed by atoms with Gasteiger partial charge in [-0.1, -0.05) is 19.4 Å². The number of nitrogens with one attached hydrogen (secondary N) is 1.